The van der Waals surface area contributed by atoms with Crippen LogP contribution in [0.2, 0.25) is 0 Å². The molecule has 0 aliphatic heterocycles. The van der Waals surface area contributed by atoms with Crippen molar-refractivity contribution in [2.45, 2.75) is 98.9 Å². The molecule has 0 aromatic rings. The fraction of sp³-hybridized carbons (Fsp3) is 0.882. The molecule has 0 saturated heterocycles. The molecule has 0 radical (unpaired) electrons. The van der Waals surface area contributed by atoms with Crippen LogP contribution in [-0.2, 0) is 14.0 Å². The topological polar surface area (TPSA) is 27.7 Å². The summed E-state index contributed by atoms with van der Waals surface area (Å²) in [6.45, 7) is 12.1. The van der Waals surface area contributed by atoms with Gasteiger partial charge < -0.3 is 14.0 Å². The van der Waals surface area contributed by atoms with Crippen molar-refractivity contribution in [3.8, 4) is 11.7 Å². The summed E-state index contributed by atoms with van der Waals surface area (Å²) >= 11 is 0. The fourth-order valence-electron chi connectivity index (χ4n) is 2.11. The summed E-state index contributed by atoms with van der Waals surface area (Å²) < 4.78 is 17.8. The van der Waals surface area contributed by atoms with Crippen LogP contribution in [0.5, 0.6) is 0 Å². The zero-order valence-corrected chi connectivity index (χ0v) is 15.1. The maximum Gasteiger partial charge on any atom is 0.457 e. The highest BCUT2D eigenvalue weighted by atomic mass is 16.8. The summed E-state index contributed by atoms with van der Waals surface area (Å²) in [4.78, 5) is 0. The molecule has 0 aliphatic rings. The highest BCUT2D eigenvalue weighted by Crippen LogP contribution is 2.17. The van der Waals surface area contributed by atoms with E-state index in [1.807, 2.05) is 41.5 Å². The second kappa shape index (κ2) is 11.1. The van der Waals surface area contributed by atoms with Crippen molar-refractivity contribution in [1.29, 1.82) is 0 Å². The summed E-state index contributed by atoms with van der Waals surface area (Å²) in [5.41, 5.74) is 0. The minimum Gasteiger partial charge on any atom is -0.532 e. The van der Waals surface area contributed by atoms with Gasteiger partial charge in [-0.3, -0.25) is 0 Å². The molecule has 0 atom stereocenters. The molecule has 3 nitrogen and oxygen atoms in total. The lowest BCUT2D eigenvalue weighted by molar-refractivity contribution is 0.0163. The highest BCUT2D eigenvalue weighted by Gasteiger charge is 2.30. The van der Waals surface area contributed by atoms with Crippen LogP contribution in [0.1, 0.15) is 80.6 Å². The Morgan fingerprint density at radius 1 is 0.762 bits per heavy atom. The Morgan fingerprint density at radius 2 is 1.24 bits per heavy atom. The smallest absolute Gasteiger partial charge is 0.457 e. The Labute approximate surface area is 132 Å². The second-order valence-electron chi connectivity index (χ2n) is 6.33. The predicted octanol–water partition coefficient (Wildman–Crippen LogP) is 4.71. The average Bonchev–Trinajstić information content (AvgIpc) is 2.30. The van der Waals surface area contributed by atoms with Crippen molar-refractivity contribution in [1.82, 2.24) is 0 Å². The van der Waals surface area contributed by atoms with Crippen LogP contribution in [0, 0.1) is 11.7 Å². The van der Waals surface area contributed by atoms with Gasteiger partial charge in [-0.1, -0.05) is 26.2 Å². The number of hydrogen-bond acceptors (Lipinski definition) is 3. The quantitative estimate of drug-likeness (QED) is 0.332. The Balaban J connectivity index is 4.84. The SMILES string of the molecule is CCCCCCC#C[B-](OC(C)C)(OC(C)C)OC(C)C. The normalized spacial score (nSPS) is 12.1. The molecule has 0 aromatic carbocycles. The van der Waals surface area contributed by atoms with Crippen LogP contribution in [0.3, 0.4) is 0 Å². The van der Waals surface area contributed by atoms with E-state index in [1.165, 1.54) is 19.3 Å². The van der Waals surface area contributed by atoms with E-state index in [0.29, 0.717) is 0 Å². The van der Waals surface area contributed by atoms with Gasteiger partial charge in [0.05, 0.1) is 0 Å². The molecule has 0 rings (SSSR count). The molecular formula is C17H34BO3-. The van der Waals surface area contributed by atoms with Gasteiger partial charge in [-0.15, -0.1) is 5.92 Å². The first kappa shape index (κ1) is 20.5. The molecule has 0 aromatic heterocycles. The van der Waals surface area contributed by atoms with E-state index in [0.717, 1.165) is 12.8 Å². The van der Waals surface area contributed by atoms with Crippen molar-refractivity contribution >= 4 is 6.75 Å². The lowest BCUT2D eigenvalue weighted by Gasteiger charge is -2.42. The van der Waals surface area contributed by atoms with Gasteiger partial charge >= 0.3 is 6.75 Å². The third-order valence-corrected chi connectivity index (χ3v) is 2.79. The molecule has 0 unspecified atom stereocenters. The molecule has 0 N–H and O–H groups in total. The van der Waals surface area contributed by atoms with Crippen molar-refractivity contribution in [3.63, 3.8) is 0 Å². The monoisotopic (exact) mass is 297 g/mol. The molecule has 124 valence electrons. The lowest BCUT2D eigenvalue weighted by atomic mass is 9.77. The van der Waals surface area contributed by atoms with Crippen LogP contribution in [0.15, 0.2) is 0 Å². The summed E-state index contributed by atoms with van der Waals surface area (Å²) in [5.74, 6) is 6.35. The van der Waals surface area contributed by atoms with Crippen LogP contribution < -0.4 is 0 Å². The third kappa shape index (κ3) is 10.8. The van der Waals surface area contributed by atoms with Gasteiger partial charge in [-0.05, 0) is 48.0 Å². The molecule has 0 aliphatic carbocycles. The van der Waals surface area contributed by atoms with E-state index in [1.54, 1.807) is 0 Å². The average molecular weight is 297 g/mol. The van der Waals surface area contributed by atoms with Gasteiger partial charge in [-0.25, -0.2) is 5.82 Å². The van der Waals surface area contributed by atoms with Gasteiger partial charge in [0, 0.05) is 24.7 Å². The van der Waals surface area contributed by atoms with Gasteiger partial charge in [0.15, 0.2) is 0 Å². The molecule has 0 saturated carbocycles. The Morgan fingerprint density at radius 3 is 1.62 bits per heavy atom. The summed E-state index contributed by atoms with van der Waals surface area (Å²) in [6.07, 6.45) is 5.76. The Bertz CT molecular complexity index is 289. The molecule has 0 bridgehead atoms. The van der Waals surface area contributed by atoms with E-state index < -0.39 is 6.75 Å². The largest absolute Gasteiger partial charge is 0.532 e. The van der Waals surface area contributed by atoms with Gasteiger partial charge in [0.1, 0.15) is 0 Å². The minimum absolute atomic E-state index is 0.0110. The molecule has 0 amide bonds. The van der Waals surface area contributed by atoms with E-state index in [9.17, 15) is 0 Å². The van der Waals surface area contributed by atoms with Gasteiger partial charge in [0.2, 0.25) is 0 Å². The lowest BCUT2D eigenvalue weighted by Crippen LogP contribution is -2.50. The zero-order valence-electron chi connectivity index (χ0n) is 15.1. The standard InChI is InChI=1S/C17H34BO3/c1-8-9-10-11-12-13-14-18(19-15(2)3,20-16(4)5)21-17(6)7/h15-17H,8-12H2,1-7H3/q-1. The highest BCUT2D eigenvalue weighted by molar-refractivity contribution is 6.69. The number of unbranched alkanes of at least 4 members (excludes halogenated alkanes) is 4. The first-order chi connectivity index (χ1) is 9.81. The van der Waals surface area contributed by atoms with E-state index in [2.05, 4.69) is 18.7 Å². The second-order valence-corrected chi connectivity index (χ2v) is 6.33. The predicted molar refractivity (Wildman–Crippen MR) is 91.0 cm³/mol. The van der Waals surface area contributed by atoms with Crippen molar-refractivity contribution in [3.05, 3.63) is 0 Å². The maximum absolute atomic E-state index is 5.93. The molecule has 0 heterocycles. The zero-order chi connectivity index (χ0) is 16.3. The number of rotatable bonds is 10. The van der Waals surface area contributed by atoms with E-state index >= 15 is 0 Å². The van der Waals surface area contributed by atoms with E-state index in [-0.39, 0.29) is 18.3 Å². The van der Waals surface area contributed by atoms with Crippen LogP contribution in [0.4, 0.5) is 0 Å². The Hall–Kier alpha value is -0.495. The first-order valence-electron chi connectivity index (χ1n) is 8.48. The van der Waals surface area contributed by atoms with Gasteiger partial charge in [-0.2, -0.15) is 0 Å². The van der Waals surface area contributed by atoms with Crippen LogP contribution in [-0.4, -0.2) is 25.1 Å². The maximum atomic E-state index is 5.93. The first-order valence-corrected chi connectivity index (χ1v) is 8.48. The summed E-state index contributed by atoms with van der Waals surface area (Å²) in [7, 11) is 0. The van der Waals surface area contributed by atoms with Crippen LogP contribution in [0.25, 0.3) is 0 Å². The summed E-state index contributed by atoms with van der Waals surface area (Å²) in [6, 6.07) is 0. The van der Waals surface area contributed by atoms with Crippen molar-refractivity contribution < 1.29 is 14.0 Å². The molecular weight excluding hydrogens is 263 g/mol. The van der Waals surface area contributed by atoms with E-state index in [4.69, 9.17) is 14.0 Å². The van der Waals surface area contributed by atoms with Gasteiger partial charge in [0.25, 0.3) is 0 Å². The Kier molecular flexibility index (Phi) is 10.9. The van der Waals surface area contributed by atoms with Crippen LogP contribution >= 0.6 is 0 Å². The molecule has 21 heavy (non-hydrogen) atoms. The minimum atomic E-state index is -2.00. The fourth-order valence-corrected chi connectivity index (χ4v) is 2.11. The molecule has 0 fully saturated rings. The molecule has 0 spiro atoms. The van der Waals surface area contributed by atoms with Crippen molar-refractivity contribution in [2.24, 2.45) is 0 Å². The number of hydrogen-bond donors (Lipinski definition) is 0. The summed E-state index contributed by atoms with van der Waals surface area (Å²) in [5, 5.41) is 0. The third-order valence-electron chi connectivity index (χ3n) is 2.79. The van der Waals surface area contributed by atoms with Crippen molar-refractivity contribution in [2.75, 3.05) is 0 Å². The molecule has 4 heteroatoms.